The molecule has 1 aromatic heterocycles. The van der Waals surface area contributed by atoms with E-state index in [0.717, 1.165) is 36.8 Å². The predicted molar refractivity (Wildman–Crippen MR) is 69.1 cm³/mol. The Morgan fingerprint density at radius 2 is 2.35 bits per heavy atom. The molecule has 1 saturated heterocycles. The molecule has 1 aliphatic rings. The topological polar surface area (TPSA) is 65.1 Å². The zero-order chi connectivity index (χ0) is 12.6. The van der Waals surface area contributed by atoms with Gasteiger partial charge in [-0.1, -0.05) is 0 Å². The molecule has 1 fully saturated rings. The quantitative estimate of drug-likeness (QED) is 0.842. The molecule has 2 heterocycles. The van der Waals surface area contributed by atoms with Crippen LogP contribution in [0, 0.1) is 6.92 Å². The van der Waals surface area contributed by atoms with Crippen molar-refractivity contribution in [2.24, 2.45) is 0 Å². The normalized spacial score (nSPS) is 28.6. The molecule has 5 nitrogen and oxygen atoms in total. The number of hydrogen-bond acceptors (Lipinski definition) is 4. The second kappa shape index (κ2) is 4.22. The molecule has 3 N–H and O–H groups in total. The Hall–Kier alpha value is -1.23. The van der Waals surface area contributed by atoms with E-state index in [2.05, 4.69) is 31.2 Å². The summed E-state index contributed by atoms with van der Waals surface area (Å²) >= 11 is 0. The molecular formula is C12H22N4O. The first-order valence-corrected chi connectivity index (χ1v) is 6.20. The number of rotatable bonds is 3. The maximum atomic E-state index is 6.07. The van der Waals surface area contributed by atoms with Crippen LogP contribution in [0.15, 0.2) is 0 Å². The first kappa shape index (κ1) is 12.2. The van der Waals surface area contributed by atoms with Crippen molar-refractivity contribution >= 4 is 11.5 Å². The van der Waals surface area contributed by atoms with Crippen molar-refractivity contribution in [3.63, 3.8) is 0 Å². The average Bonchev–Trinajstić information content (AvgIpc) is 2.75. The summed E-state index contributed by atoms with van der Waals surface area (Å²) in [7, 11) is 0. The van der Waals surface area contributed by atoms with Crippen molar-refractivity contribution in [3.8, 4) is 0 Å². The van der Waals surface area contributed by atoms with Crippen LogP contribution in [0.25, 0.3) is 0 Å². The van der Waals surface area contributed by atoms with Gasteiger partial charge in [0.15, 0.2) is 0 Å². The monoisotopic (exact) mass is 238 g/mol. The molecule has 0 aliphatic carbocycles. The first-order chi connectivity index (χ1) is 7.98. The Kier molecular flexibility index (Phi) is 3.03. The van der Waals surface area contributed by atoms with Crippen molar-refractivity contribution in [2.45, 2.75) is 52.3 Å². The molecule has 0 aromatic carbocycles. The van der Waals surface area contributed by atoms with Crippen LogP contribution >= 0.6 is 0 Å². The van der Waals surface area contributed by atoms with E-state index in [-0.39, 0.29) is 11.6 Å². The minimum Gasteiger partial charge on any atom is -0.394 e. The van der Waals surface area contributed by atoms with Crippen molar-refractivity contribution in [3.05, 3.63) is 5.69 Å². The van der Waals surface area contributed by atoms with Crippen LogP contribution in [0.3, 0.4) is 0 Å². The Labute approximate surface area is 102 Å². The summed E-state index contributed by atoms with van der Waals surface area (Å²) in [5.74, 6) is 0.921. The smallest absolute Gasteiger partial charge is 0.148 e. The van der Waals surface area contributed by atoms with Gasteiger partial charge in [-0.05, 0) is 34.1 Å². The van der Waals surface area contributed by atoms with E-state index in [1.807, 2.05) is 11.6 Å². The molecule has 2 unspecified atom stereocenters. The molecule has 0 spiro atoms. The van der Waals surface area contributed by atoms with E-state index >= 15 is 0 Å². The van der Waals surface area contributed by atoms with Crippen LogP contribution in [0.5, 0.6) is 0 Å². The molecule has 2 rings (SSSR count). The summed E-state index contributed by atoms with van der Waals surface area (Å²) in [6.07, 6.45) is 1.17. The van der Waals surface area contributed by atoms with Gasteiger partial charge in [-0.3, -0.25) is 0 Å². The first-order valence-electron chi connectivity index (χ1n) is 6.20. The van der Waals surface area contributed by atoms with E-state index in [4.69, 9.17) is 10.5 Å². The number of aromatic nitrogens is 2. The zero-order valence-corrected chi connectivity index (χ0v) is 11.1. The summed E-state index contributed by atoms with van der Waals surface area (Å²) in [5.41, 5.74) is 7.63. The molecule has 2 atom stereocenters. The Morgan fingerprint density at radius 1 is 1.65 bits per heavy atom. The average molecular weight is 238 g/mol. The van der Waals surface area contributed by atoms with Crippen LogP contribution in [-0.2, 0) is 11.3 Å². The second-order valence-corrected chi connectivity index (χ2v) is 4.97. The number of nitrogens with one attached hydrogen (secondary N) is 1. The third-order valence-corrected chi connectivity index (χ3v) is 3.76. The summed E-state index contributed by atoms with van der Waals surface area (Å²) < 4.78 is 7.55. The minimum atomic E-state index is -0.0620. The fourth-order valence-electron chi connectivity index (χ4n) is 2.23. The molecule has 0 saturated carbocycles. The third-order valence-electron chi connectivity index (χ3n) is 3.76. The van der Waals surface area contributed by atoms with Gasteiger partial charge in [0.2, 0.25) is 0 Å². The molecule has 0 radical (unpaired) electrons. The Bertz CT molecular complexity index is 415. The molecule has 1 aliphatic heterocycles. The molecule has 17 heavy (non-hydrogen) atoms. The molecule has 96 valence electrons. The number of anilines is 2. The van der Waals surface area contributed by atoms with Gasteiger partial charge in [0.1, 0.15) is 5.82 Å². The fraction of sp³-hybridized carbons (Fsp3) is 0.750. The van der Waals surface area contributed by atoms with Crippen LogP contribution in [0.2, 0.25) is 0 Å². The van der Waals surface area contributed by atoms with Gasteiger partial charge in [0.25, 0.3) is 0 Å². The standard InChI is InChI=1S/C12H22N4O/c1-5-16-11(10(13)8(2)15-16)14-12(4)6-7-17-9(12)3/h9,14H,5-7,13H2,1-4H3. The van der Waals surface area contributed by atoms with Crippen LogP contribution in [0.4, 0.5) is 11.5 Å². The van der Waals surface area contributed by atoms with Crippen molar-refractivity contribution < 1.29 is 4.74 Å². The summed E-state index contributed by atoms with van der Waals surface area (Å²) in [6.45, 7) is 9.87. The van der Waals surface area contributed by atoms with Gasteiger partial charge >= 0.3 is 0 Å². The van der Waals surface area contributed by atoms with Gasteiger partial charge in [-0.25, -0.2) is 4.68 Å². The van der Waals surface area contributed by atoms with Gasteiger partial charge in [-0.15, -0.1) is 0 Å². The van der Waals surface area contributed by atoms with Crippen molar-refractivity contribution in [1.82, 2.24) is 9.78 Å². The molecular weight excluding hydrogens is 216 g/mol. The molecule has 0 bridgehead atoms. The van der Waals surface area contributed by atoms with E-state index in [1.54, 1.807) is 0 Å². The lowest BCUT2D eigenvalue weighted by atomic mass is 9.94. The maximum Gasteiger partial charge on any atom is 0.148 e. The van der Waals surface area contributed by atoms with Crippen LogP contribution < -0.4 is 11.1 Å². The second-order valence-electron chi connectivity index (χ2n) is 4.97. The van der Waals surface area contributed by atoms with Gasteiger partial charge in [0.05, 0.1) is 23.0 Å². The molecule has 1 aromatic rings. The highest BCUT2D eigenvalue weighted by molar-refractivity contribution is 5.65. The summed E-state index contributed by atoms with van der Waals surface area (Å²) in [4.78, 5) is 0. The van der Waals surface area contributed by atoms with Gasteiger partial charge < -0.3 is 15.8 Å². The van der Waals surface area contributed by atoms with E-state index in [9.17, 15) is 0 Å². The number of nitrogens with two attached hydrogens (primary N) is 1. The predicted octanol–water partition coefficient (Wildman–Crippen LogP) is 1.77. The maximum absolute atomic E-state index is 6.07. The number of nitrogen functional groups attached to an aromatic ring is 1. The van der Waals surface area contributed by atoms with Gasteiger partial charge in [-0.2, -0.15) is 5.10 Å². The Balaban J connectivity index is 2.29. The highest BCUT2D eigenvalue weighted by Crippen LogP contribution is 2.32. The van der Waals surface area contributed by atoms with E-state index < -0.39 is 0 Å². The zero-order valence-electron chi connectivity index (χ0n) is 11.1. The SMILES string of the molecule is CCn1nc(C)c(N)c1NC1(C)CCOC1C. The number of nitrogens with zero attached hydrogens (tertiary/aromatic N) is 2. The van der Waals surface area contributed by atoms with E-state index in [1.165, 1.54) is 0 Å². The highest BCUT2D eigenvalue weighted by Gasteiger charge is 2.38. The van der Waals surface area contributed by atoms with Gasteiger partial charge in [0, 0.05) is 13.2 Å². The number of ether oxygens (including phenoxy) is 1. The number of hydrogen-bond donors (Lipinski definition) is 2. The summed E-state index contributed by atoms with van der Waals surface area (Å²) in [6, 6.07) is 0. The van der Waals surface area contributed by atoms with Crippen molar-refractivity contribution in [1.29, 1.82) is 0 Å². The van der Waals surface area contributed by atoms with Crippen LogP contribution in [-0.4, -0.2) is 28.0 Å². The highest BCUT2D eigenvalue weighted by atomic mass is 16.5. The third kappa shape index (κ3) is 1.99. The van der Waals surface area contributed by atoms with E-state index in [0.29, 0.717) is 0 Å². The molecule has 5 heteroatoms. The van der Waals surface area contributed by atoms with Crippen molar-refractivity contribution in [2.75, 3.05) is 17.7 Å². The lowest BCUT2D eigenvalue weighted by Gasteiger charge is -2.30. The lowest BCUT2D eigenvalue weighted by Crippen LogP contribution is -2.42. The Morgan fingerprint density at radius 3 is 2.88 bits per heavy atom. The lowest BCUT2D eigenvalue weighted by molar-refractivity contribution is 0.105. The largest absolute Gasteiger partial charge is 0.394 e. The fourth-order valence-corrected chi connectivity index (χ4v) is 2.23. The molecule has 0 amide bonds. The van der Waals surface area contributed by atoms with Crippen LogP contribution in [0.1, 0.15) is 32.9 Å². The summed E-state index contributed by atoms with van der Waals surface area (Å²) in [5, 5.41) is 7.94. The number of aryl methyl sites for hydroxylation is 2. The minimum absolute atomic E-state index is 0.0620.